The molecule has 0 bridgehead atoms. The van der Waals surface area contributed by atoms with Crippen molar-refractivity contribution in [1.82, 2.24) is 14.9 Å². The highest BCUT2D eigenvalue weighted by Gasteiger charge is 2.14. The number of sulfonamides is 1. The average molecular weight is 384 g/mol. The van der Waals surface area contributed by atoms with Crippen LogP contribution in [0.2, 0.25) is 0 Å². The third-order valence-corrected chi connectivity index (χ3v) is 5.97. The first kappa shape index (κ1) is 20.8. The molecule has 0 aliphatic carbocycles. The van der Waals surface area contributed by atoms with Crippen LogP contribution in [0, 0.1) is 13.8 Å². The van der Waals surface area contributed by atoms with Crippen molar-refractivity contribution in [2.45, 2.75) is 31.6 Å². The van der Waals surface area contributed by atoms with Crippen molar-refractivity contribution in [1.29, 1.82) is 0 Å². The van der Waals surface area contributed by atoms with Crippen LogP contribution in [-0.2, 0) is 19.6 Å². The SMILES string of the molecule is Cc1ccc(S(=O)(=O)NCCCC(=O)NCCN2CCOCC2)cc1C. The van der Waals surface area contributed by atoms with Crippen molar-refractivity contribution in [3.63, 3.8) is 0 Å². The first-order chi connectivity index (χ1) is 12.4. The van der Waals surface area contributed by atoms with Gasteiger partial charge in [0.2, 0.25) is 15.9 Å². The molecule has 2 rings (SSSR count). The number of rotatable bonds is 9. The summed E-state index contributed by atoms with van der Waals surface area (Å²) in [6.07, 6.45) is 0.770. The zero-order chi connectivity index (χ0) is 19.0. The van der Waals surface area contributed by atoms with E-state index < -0.39 is 10.0 Å². The van der Waals surface area contributed by atoms with Gasteiger partial charge in [0.25, 0.3) is 0 Å². The lowest BCUT2D eigenvalue weighted by atomic mass is 10.1. The van der Waals surface area contributed by atoms with Gasteiger partial charge in [0.15, 0.2) is 0 Å². The smallest absolute Gasteiger partial charge is 0.240 e. The van der Waals surface area contributed by atoms with Gasteiger partial charge in [0, 0.05) is 39.1 Å². The number of morpholine rings is 1. The van der Waals surface area contributed by atoms with E-state index in [2.05, 4.69) is 14.9 Å². The van der Waals surface area contributed by atoms with Crippen LogP contribution in [0.5, 0.6) is 0 Å². The maximum absolute atomic E-state index is 12.3. The Balaban J connectivity index is 1.64. The fourth-order valence-corrected chi connectivity index (χ4v) is 3.85. The second-order valence-electron chi connectivity index (χ2n) is 6.55. The first-order valence-corrected chi connectivity index (χ1v) is 10.5. The number of carbonyl (C=O) groups is 1. The Kier molecular flexibility index (Phi) is 8.02. The van der Waals surface area contributed by atoms with E-state index in [9.17, 15) is 13.2 Å². The lowest BCUT2D eigenvalue weighted by molar-refractivity contribution is -0.121. The molecule has 1 aromatic carbocycles. The predicted octanol–water partition coefficient (Wildman–Crippen LogP) is 0.810. The molecule has 1 aliphatic heterocycles. The quantitative estimate of drug-likeness (QED) is 0.616. The second-order valence-corrected chi connectivity index (χ2v) is 8.32. The number of ether oxygens (including phenoxy) is 1. The molecule has 1 saturated heterocycles. The molecule has 0 saturated carbocycles. The summed E-state index contributed by atoms with van der Waals surface area (Å²) >= 11 is 0. The lowest BCUT2D eigenvalue weighted by Crippen LogP contribution is -2.41. The molecule has 0 radical (unpaired) electrons. The summed E-state index contributed by atoms with van der Waals surface area (Å²) in [5.74, 6) is -0.0522. The van der Waals surface area contributed by atoms with Crippen LogP contribution in [0.4, 0.5) is 0 Å². The third kappa shape index (κ3) is 6.68. The molecule has 2 N–H and O–H groups in total. The van der Waals surface area contributed by atoms with Gasteiger partial charge in [0.05, 0.1) is 18.1 Å². The molecular formula is C18H29N3O4S. The molecular weight excluding hydrogens is 354 g/mol. The standard InChI is InChI=1S/C18H29N3O4S/c1-15-5-6-17(14-16(15)2)26(23,24)20-7-3-4-18(22)19-8-9-21-10-12-25-13-11-21/h5-6,14,20H,3-4,7-13H2,1-2H3,(H,19,22). The maximum Gasteiger partial charge on any atom is 0.240 e. The van der Waals surface area contributed by atoms with Crippen LogP contribution in [-0.4, -0.2) is 65.2 Å². The molecule has 0 spiro atoms. The summed E-state index contributed by atoms with van der Waals surface area (Å²) in [7, 11) is -3.53. The monoisotopic (exact) mass is 383 g/mol. The van der Waals surface area contributed by atoms with E-state index in [1.165, 1.54) is 0 Å². The Morgan fingerprint density at radius 1 is 1.15 bits per heavy atom. The summed E-state index contributed by atoms with van der Waals surface area (Å²) in [6, 6.07) is 5.06. The van der Waals surface area contributed by atoms with Gasteiger partial charge in [-0.05, 0) is 43.5 Å². The topological polar surface area (TPSA) is 87.7 Å². The fraction of sp³-hybridized carbons (Fsp3) is 0.611. The van der Waals surface area contributed by atoms with Gasteiger partial charge in [-0.15, -0.1) is 0 Å². The summed E-state index contributed by atoms with van der Waals surface area (Å²) < 4.78 is 32.4. The normalized spacial score (nSPS) is 15.8. The second kappa shape index (κ2) is 10.0. The molecule has 7 nitrogen and oxygen atoms in total. The highest BCUT2D eigenvalue weighted by Crippen LogP contribution is 2.14. The van der Waals surface area contributed by atoms with Crippen LogP contribution in [0.15, 0.2) is 23.1 Å². The molecule has 1 aliphatic rings. The van der Waals surface area contributed by atoms with Crippen molar-refractivity contribution in [3.8, 4) is 0 Å². The molecule has 1 aromatic rings. The number of nitrogens with one attached hydrogen (secondary N) is 2. The number of amides is 1. The van der Waals surface area contributed by atoms with Crippen LogP contribution in [0.1, 0.15) is 24.0 Å². The van der Waals surface area contributed by atoms with Crippen molar-refractivity contribution in [2.24, 2.45) is 0 Å². The van der Waals surface area contributed by atoms with Crippen LogP contribution < -0.4 is 10.0 Å². The Hall–Kier alpha value is -1.48. The third-order valence-electron chi connectivity index (χ3n) is 4.52. The Morgan fingerprint density at radius 3 is 2.58 bits per heavy atom. The van der Waals surface area contributed by atoms with Gasteiger partial charge in [-0.25, -0.2) is 13.1 Å². The van der Waals surface area contributed by atoms with E-state index in [4.69, 9.17) is 4.74 Å². The Morgan fingerprint density at radius 2 is 1.88 bits per heavy atom. The van der Waals surface area contributed by atoms with Gasteiger partial charge < -0.3 is 10.1 Å². The van der Waals surface area contributed by atoms with Crippen LogP contribution >= 0.6 is 0 Å². The van der Waals surface area contributed by atoms with Gasteiger partial charge >= 0.3 is 0 Å². The molecule has 0 atom stereocenters. The van der Waals surface area contributed by atoms with Gasteiger partial charge in [0.1, 0.15) is 0 Å². The van der Waals surface area contributed by atoms with E-state index >= 15 is 0 Å². The zero-order valence-corrected chi connectivity index (χ0v) is 16.4. The Bertz CT molecular complexity index is 700. The average Bonchev–Trinajstić information content (AvgIpc) is 2.62. The fourth-order valence-electron chi connectivity index (χ4n) is 2.69. The summed E-state index contributed by atoms with van der Waals surface area (Å²) in [5, 5.41) is 2.87. The van der Waals surface area contributed by atoms with Crippen LogP contribution in [0.3, 0.4) is 0 Å². The molecule has 0 unspecified atom stereocenters. The number of nitrogens with zero attached hydrogens (tertiary/aromatic N) is 1. The molecule has 26 heavy (non-hydrogen) atoms. The van der Waals surface area contributed by atoms with Gasteiger partial charge in [-0.1, -0.05) is 6.07 Å². The molecule has 8 heteroatoms. The Labute approximate surface area is 156 Å². The van der Waals surface area contributed by atoms with E-state index in [-0.39, 0.29) is 17.3 Å². The largest absolute Gasteiger partial charge is 0.379 e. The number of aryl methyl sites for hydroxylation is 2. The summed E-state index contributed by atoms with van der Waals surface area (Å²) in [5.41, 5.74) is 1.99. The summed E-state index contributed by atoms with van der Waals surface area (Å²) in [6.45, 7) is 8.77. The highest BCUT2D eigenvalue weighted by atomic mass is 32.2. The molecule has 1 heterocycles. The predicted molar refractivity (Wildman–Crippen MR) is 101 cm³/mol. The van der Waals surface area contributed by atoms with Gasteiger partial charge in [-0.2, -0.15) is 0 Å². The van der Waals surface area contributed by atoms with E-state index in [1.54, 1.807) is 18.2 Å². The maximum atomic E-state index is 12.3. The zero-order valence-electron chi connectivity index (χ0n) is 15.6. The van der Waals surface area contributed by atoms with E-state index in [1.807, 2.05) is 13.8 Å². The number of hydrogen-bond donors (Lipinski definition) is 2. The minimum absolute atomic E-state index is 0.0522. The van der Waals surface area contributed by atoms with Crippen molar-refractivity contribution >= 4 is 15.9 Å². The van der Waals surface area contributed by atoms with Crippen LogP contribution in [0.25, 0.3) is 0 Å². The molecule has 0 aromatic heterocycles. The number of carbonyl (C=O) groups excluding carboxylic acids is 1. The minimum Gasteiger partial charge on any atom is -0.379 e. The molecule has 146 valence electrons. The number of hydrogen-bond acceptors (Lipinski definition) is 5. The van der Waals surface area contributed by atoms with E-state index in [0.717, 1.165) is 44.0 Å². The van der Waals surface area contributed by atoms with Gasteiger partial charge in [-0.3, -0.25) is 9.69 Å². The van der Waals surface area contributed by atoms with E-state index in [0.29, 0.717) is 19.4 Å². The van der Waals surface area contributed by atoms with Crippen molar-refractivity contribution in [2.75, 3.05) is 45.9 Å². The van der Waals surface area contributed by atoms with Crippen molar-refractivity contribution < 1.29 is 17.9 Å². The molecule has 1 fully saturated rings. The first-order valence-electron chi connectivity index (χ1n) is 9.02. The molecule has 1 amide bonds. The number of benzene rings is 1. The summed E-state index contributed by atoms with van der Waals surface area (Å²) in [4.78, 5) is 14.3. The van der Waals surface area contributed by atoms with Crippen molar-refractivity contribution in [3.05, 3.63) is 29.3 Å². The minimum atomic E-state index is -3.53. The highest BCUT2D eigenvalue weighted by molar-refractivity contribution is 7.89. The lowest BCUT2D eigenvalue weighted by Gasteiger charge is -2.26.